The van der Waals surface area contributed by atoms with Crippen molar-refractivity contribution in [2.75, 3.05) is 0 Å². The molecule has 4 rings (SSSR count). The van der Waals surface area contributed by atoms with Gasteiger partial charge in [0.25, 0.3) is 0 Å². The molecule has 0 atom stereocenters. The molecule has 134 valence electrons. The van der Waals surface area contributed by atoms with E-state index in [1.54, 1.807) is 29.0 Å². The van der Waals surface area contributed by atoms with Gasteiger partial charge in [-0.15, -0.1) is 22.7 Å². The molecule has 6 heteroatoms. The van der Waals surface area contributed by atoms with E-state index in [0.29, 0.717) is 11.8 Å². The number of aryl methyl sites for hydroxylation is 2. The van der Waals surface area contributed by atoms with E-state index in [2.05, 4.69) is 57.6 Å². The molecule has 4 aromatic heterocycles. The van der Waals surface area contributed by atoms with Crippen molar-refractivity contribution in [3.8, 4) is 10.7 Å². The van der Waals surface area contributed by atoms with Crippen LogP contribution in [0.1, 0.15) is 61.4 Å². The van der Waals surface area contributed by atoms with Gasteiger partial charge in [-0.1, -0.05) is 27.7 Å². The lowest BCUT2D eigenvalue weighted by molar-refractivity contribution is 0.830. The summed E-state index contributed by atoms with van der Waals surface area (Å²) in [4.78, 5) is 21.3. The third kappa shape index (κ3) is 2.72. The number of nitrogens with zero attached hydrogens (tertiary/aromatic N) is 4. The predicted molar refractivity (Wildman–Crippen MR) is 111 cm³/mol. The van der Waals surface area contributed by atoms with Gasteiger partial charge < -0.3 is 0 Å². The summed E-state index contributed by atoms with van der Waals surface area (Å²) in [6.45, 7) is 13.0. The Morgan fingerprint density at radius 3 is 2.27 bits per heavy atom. The minimum absolute atomic E-state index is 0.359. The SMILES string of the molecule is Cc1cc2nc(-c3sc4c(C(C)C)ncnc4c3C)nc(C(C)C)c2s1. The Hall–Kier alpha value is -1.92. The van der Waals surface area contributed by atoms with Crippen LogP contribution in [0, 0.1) is 13.8 Å². The number of rotatable bonds is 3. The van der Waals surface area contributed by atoms with Gasteiger partial charge in [-0.05, 0) is 37.3 Å². The molecule has 4 nitrogen and oxygen atoms in total. The summed E-state index contributed by atoms with van der Waals surface area (Å²) in [5.41, 5.74) is 5.46. The lowest BCUT2D eigenvalue weighted by Gasteiger charge is -2.08. The second kappa shape index (κ2) is 6.35. The molecular weight excluding hydrogens is 360 g/mol. The first-order valence-corrected chi connectivity index (χ1v) is 10.5. The van der Waals surface area contributed by atoms with Gasteiger partial charge in [0.05, 0.1) is 36.7 Å². The van der Waals surface area contributed by atoms with Crippen LogP contribution in [0.15, 0.2) is 12.4 Å². The lowest BCUT2D eigenvalue weighted by Crippen LogP contribution is -1.98. The minimum Gasteiger partial charge on any atom is -0.240 e. The first-order valence-electron chi connectivity index (χ1n) is 8.89. The van der Waals surface area contributed by atoms with Crippen LogP contribution in [0.2, 0.25) is 0 Å². The van der Waals surface area contributed by atoms with Crippen molar-refractivity contribution < 1.29 is 0 Å². The molecule has 0 amide bonds. The molecule has 0 radical (unpaired) electrons. The summed E-state index contributed by atoms with van der Waals surface area (Å²) in [5.74, 6) is 1.53. The number of hydrogen-bond acceptors (Lipinski definition) is 6. The smallest absolute Gasteiger partial charge is 0.170 e. The van der Waals surface area contributed by atoms with Gasteiger partial charge in [0.2, 0.25) is 0 Å². The number of hydrogen-bond donors (Lipinski definition) is 0. The maximum atomic E-state index is 4.98. The van der Waals surface area contributed by atoms with Crippen LogP contribution in [0.3, 0.4) is 0 Å². The first-order chi connectivity index (χ1) is 12.4. The van der Waals surface area contributed by atoms with Crippen LogP contribution in [-0.2, 0) is 0 Å². The summed E-state index contributed by atoms with van der Waals surface area (Å²) in [6.07, 6.45) is 1.67. The Morgan fingerprint density at radius 2 is 1.58 bits per heavy atom. The molecule has 26 heavy (non-hydrogen) atoms. The van der Waals surface area contributed by atoms with E-state index in [9.17, 15) is 0 Å². The van der Waals surface area contributed by atoms with Crippen LogP contribution in [0.4, 0.5) is 0 Å². The molecule has 0 aliphatic rings. The van der Waals surface area contributed by atoms with Crippen molar-refractivity contribution in [1.82, 2.24) is 19.9 Å². The average molecular weight is 383 g/mol. The highest BCUT2D eigenvalue weighted by Gasteiger charge is 2.21. The number of thiophene rings is 2. The second-order valence-electron chi connectivity index (χ2n) is 7.31. The van der Waals surface area contributed by atoms with Crippen molar-refractivity contribution >= 4 is 43.1 Å². The fourth-order valence-electron chi connectivity index (χ4n) is 3.23. The quantitative estimate of drug-likeness (QED) is 0.421. The van der Waals surface area contributed by atoms with Gasteiger partial charge >= 0.3 is 0 Å². The maximum absolute atomic E-state index is 4.98. The van der Waals surface area contributed by atoms with E-state index >= 15 is 0 Å². The van der Waals surface area contributed by atoms with Crippen molar-refractivity contribution in [3.63, 3.8) is 0 Å². The fourth-order valence-corrected chi connectivity index (χ4v) is 5.65. The van der Waals surface area contributed by atoms with Crippen molar-refractivity contribution in [3.05, 3.63) is 34.2 Å². The zero-order chi connectivity index (χ0) is 18.6. The Balaban J connectivity index is 2.01. The van der Waals surface area contributed by atoms with E-state index in [0.717, 1.165) is 43.4 Å². The lowest BCUT2D eigenvalue weighted by atomic mass is 10.1. The van der Waals surface area contributed by atoms with Crippen LogP contribution in [0.25, 0.3) is 31.1 Å². The van der Waals surface area contributed by atoms with E-state index in [4.69, 9.17) is 9.97 Å². The molecule has 4 heterocycles. The largest absolute Gasteiger partial charge is 0.240 e. The topological polar surface area (TPSA) is 51.6 Å². The zero-order valence-electron chi connectivity index (χ0n) is 15.9. The van der Waals surface area contributed by atoms with Gasteiger partial charge in [-0.25, -0.2) is 19.9 Å². The average Bonchev–Trinajstić information content (AvgIpc) is 3.12. The minimum atomic E-state index is 0.359. The van der Waals surface area contributed by atoms with Crippen LogP contribution < -0.4 is 0 Å². The molecule has 0 saturated heterocycles. The van der Waals surface area contributed by atoms with Gasteiger partial charge in [0, 0.05) is 4.88 Å². The van der Waals surface area contributed by atoms with Gasteiger partial charge in [0.1, 0.15) is 6.33 Å². The Labute approximate surface area is 161 Å². The Kier molecular flexibility index (Phi) is 4.28. The normalized spacial score (nSPS) is 12.2. The van der Waals surface area contributed by atoms with E-state index in [1.165, 1.54) is 9.58 Å². The number of aromatic nitrogens is 4. The molecule has 0 N–H and O–H groups in total. The molecule has 0 saturated carbocycles. The summed E-state index contributed by atoms with van der Waals surface area (Å²) < 4.78 is 2.37. The molecule has 0 unspecified atom stereocenters. The second-order valence-corrected chi connectivity index (χ2v) is 9.58. The van der Waals surface area contributed by atoms with Crippen LogP contribution in [-0.4, -0.2) is 19.9 Å². The van der Waals surface area contributed by atoms with E-state index in [1.807, 2.05) is 0 Å². The van der Waals surface area contributed by atoms with Crippen molar-refractivity contribution in [1.29, 1.82) is 0 Å². The van der Waals surface area contributed by atoms with E-state index in [-0.39, 0.29) is 0 Å². The Morgan fingerprint density at radius 1 is 0.846 bits per heavy atom. The molecule has 0 spiro atoms. The molecule has 4 aromatic rings. The summed E-state index contributed by atoms with van der Waals surface area (Å²) in [6, 6.07) is 2.17. The summed E-state index contributed by atoms with van der Waals surface area (Å²) in [5, 5.41) is 0. The molecular formula is C20H22N4S2. The van der Waals surface area contributed by atoms with Gasteiger partial charge in [0.15, 0.2) is 5.82 Å². The van der Waals surface area contributed by atoms with Crippen molar-refractivity contribution in [2.24, 2.45) is 0 Å². The third-order valence-electron chi connectivity index (χ3n) is 4.55. The monoisotopic (exact) mass is 382 g/mol. The predicted octanol–water partition coefficient (Wildman–Crippen LogP) is 6.23. The maximum Gasteiger partial charge on any atom is 0.170 e. The van der Waals surface area contributed by atoms with Crippen LogP contribution >= 0.6 is 22.7 Å². The standard InChI is InChI=1S/C20H22N4S2/c1-9(2)14-19-16(22-8-21-14)12(6)17(26-19)20-23-13-7-11(5)25-18(13)15(24-20)10(3)4/h7-10H,1-6H3. The van der Waals surface area contributed by atoms with Gasteiger partial charge in [-0.2, -0.15) is 0 Å². The zero-order valence-corrected chi connectivity index (χ0v) is 17.5. The fraction of sp³-hybridized carbons (Fsp3) is 0.400. The van der Waals surface area contributed by atoms with Crippen LogP contribution in [0.5, 0.6) is 0 Å². The molecule has 0 fully saturated rings. The van der Waals surface area contributed by atoms with Gasteiger partial charge in [-0.3, -0.25) is 0 Å². The summed E-state index contributed by atoms with van der Waals surface area (Å²) in [7, 11) is 0. The first kappa shape index (κ1) is 17.5. The molecule has 0 bridgehead atoms. The Bertz CT molecular complexity index is 1120. The third-order valence-corrected chi connectivity index (χ3v) is 6.91. The van der Waals surface area contributed by atoms with Crippen molar-refractivity contribution in [2.45, 2.75) is 53.4 Å². The highest BCUT2D eigenvalue weighted by atomic mass is 32.1. The summed E-state index contributed by atoms with van der Waals surface area (Å²) >= 11 is 3.50. The number of fused-ring (bicyclic) bond motifs is 2. The molecule has 0 aliphatic heterocycles. The highest BCUT2D eigenvalue weighted by Crippen LogP contribution is 2.40. The van der Waals surface area contributed by atoms with E-state index < -0.39 is 0 Å². The highest BCUT2D eigenvalue weighted by molar-refractivity contribution is 7.22. The molecule has 0 aromatic carbocycles. The molecule has 0 aliphatic carbocycles.